The molecule has 0 bridgehead atoms. The van der Waals surface area contributed by atoms with E-state index in [0.717, 1.165) is 11.8 Å². The molecule has 11 nitrogen and oxygen atoms in total. The van der Waals surface area contributed by atoms with E-state index in [9.17, 15) is 14.7 Å². The first kappa shape index (κ1) is 22.6. The van der Waals surface area contributed by atoms with Crippen LogP contribution in [0.2, 0.25) is 0 Å². The zero-order chi connectivity index (χ0) is 23.5. The first-order valence-corrected chi connectivity index (χ1v) is 10.9. The average Bonchev–Trinajstić information content (AvgIpc) is 3.37. The van der Waals surface area contributed by atoms with Gasteiger partial charge in [0.25, 0.3) is 5.56 Å². The Morgan fingerprint density at radius 1 is 1.39 bits per heavy atom. The summed E-state index contributed by atoms with van der Waals surface area (Å²) in [6.45, 7) is 0. The van der Waals surface area contributed by atoms with Crippen LogP contribution in [0.3, 0.4) is 0 Å². The molecular weight excluding hydrogens is 448 g/mol. The number of benzene rings is 1. The van der Waals surface area contributed by atoms with Crippen LogP contribution in [0, 0.1) is 0 Å². The summed E-state index contributed by atoms with van der Waals surface area (Å²) in [7, 11) is 5.00. The number of rotatable bonds is 7. The molecule has 1 aromatic carbocycles. The summed E-state index contributed by atoms with van der Waals surface area (Å²) in [5.41, 5.74) is 0.408. The lowest BCUT2D eigenvalue weighted by Gasteiger charge is -2.19. The van der Waals surface area contributed by atoms with Gasteiger partial charge in [0, 0.05) is 26.8 Å². The smallest absolute Gasteiger partial charge is 0.280 e. The number of ether oxygens (including phenoxy) is 2. The molecule has 0 saturated carbocycles. The van der Waals surface area contributed by atoms with Gasteiger partial charge in [-0.1, -0.05) is 42.1 Å². The third-order valence-electron chi connectivity index (χ3n) is 4.78. The molecule has 0 amide bonds. The number of aliphatic imine (C=N–C) groups is 1. The number of aliphatic hydroxyl groups excluding tert-OH is 1. The predicted molar refractivity (Wildman–Crippen MR) is 124 cm³/mol. The minimum Gasteiger partial charge on any atom is -0.506 e. The zero-order valence-corrected chi connectivity index (χ0v) is 18.9. The van der Waals surface area contributed by atoms with Gasteiger partial charge < -0.3 is 19.5 Å². The number of thioether (sulfide) groups is 1. The van der Waals surface area contributed by atoms with Gasteiger partial charge >= 0.3 is 0 Å². The Kier molecular flexibility index (Phi) is 6.47. The number of nitrogens with zero attached hydrogens (tertiary/aromatic N) is 5. The first-order chi connectivity index (χ1) is 15.9. The maximum absolute atomic E-state index is 12.4. The Bertz CT molecular complexity index is 1280. The second-order valence-electron chi connectivity index (χ2n) is 7.34. The lowest BCUT2D eigenvalue weighted by Crippen LogP contribution is -2.24. The van der Waals surface area contributed by atoms with Crippen LogP contribution < -0.4 is 5.56 Å². The standard InChI is InChI=1S/C21H22N6O5S/c1-26(2)10-23-21-24-17-14(18(29)25-21)22-11-27(17)19-16(31-3)15(28)13(32-19)9-33-20(30)12-7-5-4-6-8-12/h4-8,10-11,16,19,28H,9H2,1-3H3,(H,24,25,29)/b23-10-/t16-,19?/m0/s1. The highest BCUT2D eigenvalue weighted by molar-refractivity contribution is 8.14. The number of hydrogen-bond acceptors (Lipinski definition) is 9. The van der Waals surface area contributed by atoms with Crippen LogP contribution in [-0.4, -0.2) is 74.0 Å². The van der Waals surface area contributed by atoms with Crippen molar-refractivity contribution in [3.63, 3.8) is 0 Å². The second-order valence-corrected chi connectivity index (χ2v) is 8.29. The normalized spacial score (nSPS) is 18.3. The molecule has 0 aliphatic carbocycles. The van der Waals surface area contributed by atoms with Crippen molar-refractivity contribution in [2.45, 2.75) is 12.3 Å². The summed E-state index contributed by atoms with van der Waals surface area (Å²) in [5, 5.41) is 10.5. The quantitative estimate of drug-likeness (QED) is 0.394. The van der Waals surface area contributed by atoms with Crippen molar-refractivity contribution in [1.29, 1.82) is 0 Å². The van der Waals surface area contributed by atoms with Crippen molar-refractivity contribution in [3.05, 3.63) is 64.1 Å². The summed E-state index contributed by atoms with van der Waals surface area (Å²) in [6.07, 6.45) is 1.14. The average molecular weight is 471 g/mol. The van der Waals surface area contributed by atoms with E-state index < -0.39 is 17.9 Å². The number of carbonyl (C=O) groups excluding carboxylic acids is 1. The van der Waals surface area contributed by atoms with Crippen molar-refractivity contribution in [1.82, 2.24) is 24.4 Å². The van der Waals surface area contributed by atoms with Crippen molar-refractivity contribution in [3.8, 4) is 0 Å². The Hall–Kier alpha value is -3.64. The molecule has 4 rings (SSSR count). The molecule has 2 N–H and O–H groups in total. The van der Waals surface area contributed by atoms with E-state index in [-0.39, 0.29) is 39.5 Å². The van der Waals surface area contributed by atoms with Gasteiger partial charge in [0.15, 0.2) is 23.0 Å². The number of methoxy groups -OCH3 is 1. The lowest BCUT2D eigenvalue weighted by molar-refractivity contribution is -0.0281. The minimum absolute atomic E-state index is 0.0938. The van der Waals surface area contributed by atoms with E-state index >= 15 is 0 Å². The van der Waals surface area contributed by atoms with Crippen LogP contribution in [-0.2, 0) is 9.47 Å². The van der Waals surface area contributed by atoms with Crippen LogP contribution in [0.15, 0.2) is 58.0 Å². The molecule has 1 aliphatic heterocycles. The van der Waals surface area contributed by atoms with Gasteiger partial charge in [0.2, 0.25) is 17.3 Å². The van der Waals surface area contributed by atoms with E-state index in [1.54, 1.807) is 43.3 Å². The Labute approximate surface area is 192 Å². The lowest BCUT2D eigenvalue weighted by atomic mass is 10.2. The summed E-state index contributed by atoms with van der Waals surface area (Å²) < 4.78 is 12.9. The van der Waals surface area contributed by atoms with Crippen molar-refractivity contribution >= 4 is 40.3 Å². The van der Waals surface area contributed by atoms with Crippen molar-refractivity contribution in [2.75, 3.05) is 27.0 Å². The van der Waals surface area contributed by atoms with Gasteiger partial charge in [0.1, 0.15) is 12.1 Å². The summed E-state index contributed by atoms with van der Waals surface area (Å²) in [6, 6.07) is 8.83. The molecule has 0 spiro atoms. The van der Waals surface area contributed by atoms with Crippen molar-refractivity contribution in [2.24, 2.45) is 4.99 Å². The van der Waals surface area contributed by atoms with E-state index in [1.165, 1.54) is 24.3 Å². The molecule has 0 saturated heterocycles. The van der Waals surface area contributed by atoms with Crippen LogP contribution in [0.4, 0.5) is 5.95 Å². The fourth-order valence-corrected chi connectivity index (χ4v) is 4.00. The SMILES string of the molecule is CO[C@H]1C(O)=C(CSC(=O)c2ccccc2)OC1n1cnc2c(=O)[nH]c(/N=C\N(C)C)nc21. The van der Waals surface area contributed by atoms with Crippen LogP contribution in [0.25, 0.3) is 11.2 Å². The van der Waals surface area contributed by atoms with E-state index in [0.29, 0.717) is 5.56 Å². The van der Waals surface area contributed by atoms with Crippen molar-refractivity contribution < 1.29 is 19.4 Å². The second kappa shape index (κ2) is 9.46. The molecule has 2 aromatic heterocycles. The van der Waals surface area contributed by atoms with Gasteiger partial charge in [-0.2, -0.15) is 4.98 Å². The monoisotopic (exact) mass is 470 g/mol. The molecule has 1 aliphatic rings. The van der Waals surface area contributed by atoms with Gasteiger partial charge in [-0.15, -0.1) is 0 Å². The number of aliphatic hydroxyl groups is 1. The van der Waals surface area contributed by atoms with Gasteiger partial charge in [0.05, 0.1) is 12.1 Å². The van der Waals surface area contributed by atoms with Gasteiger partial charge in [-0.25, -0.2) is 9.98 Å². The Morgan fingerprint density at radius 3 is 2.85 bits per heavy atom. The van der Waals surface area contributed by atoms with Crippen LogP contribution in [0.5, 0.6) is 0 Å². The van der Waals surface area contributed by atoms with Crippen LogP contribution in [0.1, 0.15) is 16.6 Å². The maximum Gasteiger partial charge on any atom is 0.280 e. The zero-order valence-electron chi connectivity index (χ0n) is 18.1. The number of nitrogens with one attached hydrogen (secondary N) is 1. The molecule has 172 valence electrons. The summed E-state index contributed by atoms with van der Waals surface area (Å²) in [5.74, 6) is 0.276. The molecule has 3 aromatic rings. The molecule has 3 heterocycles. The molecule has 0 fully saturated rings. The third-order valence-corrected chi connectivity index (χ3v) is 5.68. The number of H-pyrrole nitrogens is 1. The highest BCUT2D eigenvalue weighted by atomic mass is 32.2. The van der Waals surface area contributed by atoms with Crippen LogP contribution >= 0.6 is 11.8 Å². The van der Waals surface area contributed by atoms with Gasteiger partial charge in [-0.3, -0.25) is 19.1 Å². The fraction of sp³-hybridized carbons (Fsp3) is 0.286. The third kappa shape index (κ3) is 4.61. The number of aromatic amines is 1. The number of carbonyl (C=O) groups is 1. The first-order valence-electron chi connectivity index (χ1n) is 9.90. The molecule has 2 atom stereocenters. The number of aromatic nitrogens is 4. The van der Waals surface area contributed by atoms with E-state index in [4.69, 9.17) is 9.47 Å². The Balaban J connectivity index is 1.59. The number of imidazole rings is 1. The number of fused-ring (bicyclic) bond motifs is 1. The summed E-state index contributed by atoms with van der Waals surface area (Å²) in [4.78, 5) is 41.7. The minimum atomic E-state index is -0.875. The summed E-state index contributed by atoms with van der Waals surface area (Å²) >= 11 is 1.00. The molecule has 1 unspecified atom stereocenters. The van der Waals surface area contributed by atoms with Gasteiger partial charge in [-0.05, 0) is 0 Å². The molecular formula is C21H22N6O5S. The largest absolute Gasteiger partial charge is 0.506 e. The van der Waals surface area contributed by atoms with E-state index in [2.05, 4.69) is 19.9 Å². The Morgan fingerprint density at radius 2 is 2.15 bits per heavy atom. The van der Waals surface area contributed by atoms with E-state index in [1.807, 2.05) is 6.07 Å². The maximum atomic E-state index is 12.4. The molecule has 0 radical (unpaired) electrons. The number of hydrogen-bond donors (Lipinski definition) is 2. The highest BCUT2D eigenvalue weighted by Crippen LogP contribution is 2.36. The fourth-order valence-electron chi connectivity index (χ4n) is 3.22. The highest BCUT2D eigenvalue weighted by Gasteiger charge is 2.40. The molecule has 33 heavy (non-hydrogen) atoms. The predicted octanol–water partition coefficient (Wildman–Crippen LogP) is 2.23. The molecule has 12 heteroatoms. The topological polar surface area (TPSA) is 135 Å².